The van der Waals surface area contributed by atoms with Crippen molar-refractivity contribution in [1.82, 2.24) is 5.32 Å². The van der Waals surface area contributed by atoms with E-state index >= 15 is 0 Å². The third-order valence-corrected chi connectivity index (χ3v) is 5.84. The second-order valence-corrected chi connectivity index (χ2v) is 8.43. The Bertz CT molecular complexity index is 1150. The Morgan fingerprint density at radius 3 is 2.39 bits per heavy atom. The molecule has 0 saturated heterocycles. The van der Waals surface area contributed by atoms with Crippen molar-refractivity contribution in [3.8, 4) is 0 Å². The van der Waals surface area contributed by atoms with Crippen LogP contribution in [0.3, 0.4) is 0 Å². The molecule has 0 spiro atoms. The molecule has 2 N–H and O–H groups in total. The van der Waals surface area contributed by atoms with Crippen molar-refractivity contribution in [3.05, 3.63) is 95.3 Å². The minimum atomic E-state index is -4.05. The van der Waals surface area contributed by atoms with Gasteiger partial charge in [0.15, 0.2) is 0 Å². The zero-order valence-corrected chi connectivity index (χ0v) is 17.8. The van der Waals surface area contributed by atoms with Gasteiger partial charge in [-0.25, -0.2) is 12.8 Å². The molecule has 31 heavy (non-hydrogen) atoms. The third-order valence-electron chi connectivity index (χ3n) is 4.47. The number of benzene rings is 3. The molecule has 6 nitrogen and oxygen atoms in total. The summed E-state index contributed by atoms with van der Waals surface area (Å²) in [6, 6.07) is 18.7. The van der Waals surface area contributed by atoms with E-state index in [9.17, 15) is 17.6 Å². The maximum absolute atomic E-state index is 13.8. The van der Waals surface area contributed by atoms with Gasteiger partial charge in [0.1, 0.15) is 5.82 Å². The van der Waals surface area contributed by atoms with E-state index < -0.39 is 21.7 Å². The summed E-state index contributed by atoms with van der Waals surface area (Å²) in [7, 11) is -4.05. The van der Waals surface area contributed by atoms with Gasteiger partial charge in [-0.15, -0.1) is 0 Å². The van der Waals surface area contributed by atoms with Crippen LogP contribution in [0, 0.1) is 5.82 Å². The van der Waals surface area contributed by atoms with Gasteiger partial charge in [-0.1, -0.05) is 42.5 Å². The van der Waals surface area contributed by atoms with Gasteiger partial charge in [-0.2, -0.15) is 0 Å². The normalized spacial score (nSPS) is 11.2. The average Bonchev–Trinajstić information content (AvgIpc) is 2.78. The minimum absolute atomic E-state index is 0.135. The number of para-hydroxylation sites is 1. The first-order chi connectivity index (χ1) is 14.9. The predicted molar refractivity (Wildman–Crippen MR) is 117 cm³/mol. The first kappa shape index (κ1) is 22.5. The highest BCUT2D eigenvalue weighted by Crippen LogP contribution is 2.19. The fourth-order valence-electron chi connectivity index (χ4n) is 2.81. The third kappa shape index (κ3) is 6.13. The Balaban J connectivity index is 1.66. The molecule has 0 aromatic heterocycles. The number of amides is 1. The quantitative estimate of drug-likeness (QED) is 0.523. The number of nitrogens with one attached hydrogen (secondary N) is 2. The lowest BCUT2D eigenvalue weighted by molar-refractivity contribution is 0.0950. The Morgan fingerprint density at radius 1 is 0.968 bits per heavy atom. The van der Waals surface area contributed by atoms with E-state index in [1.807, 2.05) is 31.2 Å². The van der Waals surface area contributed by atoms with Gasteiger partial charge in [0, 0.05) is 18.7 Å². The summed E-state index contributed by atoms with van der Waals surface area (Å²) in [6.07, 6.45) is 0. The molecule has 8 heteroatoms. The molecule has 0 aliphatic carbocycles. The summed E-state index contributed by atoms with van der Waals surface area (Å²) in [5.74, 6) is -1.10. The number of rotatable bonds is 9. The molecule has 0 fully saturated rings. The molecule has 0 radical (unpaired) electrons. The molecule has 0 aliphatic rings. The fourth-order valence-corrected chi connectivity index (χ4v) is 3.92. The zero-order valence-electron chi connectivity index (χ0n) is 17.0. The van der Waals surface area contributed by atoms with Crippen molar-refractivity contribution < 1.29 is 22.3 Å². The number of anilines is 1. The summed E-state index contributed by atoms with van der Waals surface area (Å²) in [4.78, 5) is 12.4. The molecule has 0 saturated carbocycles. The summed E-state index contributed by atoms with van der Waals surface area (Å²) in [6.45, 7) is 3.39. The highest BCUT2D eigenvalue weighted by atomic mass is 32.2. The van der Waals surface area contributed by atoms with E-state index in [0.717, 1.165) is 17.2 Å². The first-order valence-corrected chi connectivity index (χ1v) is 11.2. The average molecular weight is 443 g/mol. The van der Waals surface area contributed by atoms with Crippen LogP contribution < -0.4 is 10.0 Å². The van der Waals surface area contributed by atoms with Gasteiger partial charge in [0.05, 0.1) is 17.2 Å². The van der Waals surface area contributed by atoms with E-state index in [-0.39, 0.29) is 22.7 Å². The Hall–Kier alpha value is -3.23. The number of carbonyl (C=O) groups is 1. The van der Waals surface area contributed by atoms with Gasteiger partial charge < -0.3 is 10.1 Å². The van der Waals surface area contributed by atoms with Crippen LogP contribution in [0.2, 0.25) is 0 Å². The van der Waals surface area contributed by atoms with Crippen molar-refractivity contribution in [2.45, 2.75) is 25.0 Å². The van der Waals surface area contributed by atoms with Gasteiger partial charge >= 0.3 is 0 Å². The molecule has 0 aliphatic heterocycles. The molecule has 0 unspecified atom stereocenters. The van der Waals surface area contributed by atoms with Crippen molar-refractivity contribution in [2.24, 2.45) is 0 Å². The largest absolute Gasteiger partial charge is 0.377 e. The standard InChI is InChI=1S/C23H23FN2O4S/c1-2-30-16-18-12-10-17(11-13-18)15-25-23(27)19-6-5-7-20(14-19)31(28,29)26-22-9-4-3-8-21(22)24/h3-14,26H,2,15-16H2,1H3,(H,25,27). The van der Waals surface area contributed by atoms with Crippen LogP contribution in [-0.2, 0) is 27.9 Å². The van der Waals surface area contributed by atoms with Crippen molar-refractivity contribution in [2.75, 3.05) is 11.3 Å². The van der Waals surface area contributed by atoms with Gasteiger partial charge in [0.2, 0.25) is 0 Å². The summed E-state index contributed by atoms with van der Waals surface area (Å²) in [5, 5.41) is 2.77. The van der Waals surface area contributed by atoms with E-state index in [1.165, 1.54) is 42.5 Å². The maximum atomic E-state index is 13.8. The first-order valence-electron chi connectivity index (χ1n) is 9.70. The topological polar surface area (TPSA) is 84.5 Å². The molecular formula is C23H23FN2O4S. The van der Waals surface area contributed by atoms with Crippen LogP contribution in [-0.4, -0.2) is 20.9 Å². The Labute approximate surface area is 181 Å². The van der Waals surface area contributed by atoms with Crippen LogP contribution in [0.4, 0.5) is 10.1 Å². The van der Waals surface area contributed by atoms with Crippen molar-refractivity contribution in [3.63, 3.8) is 0 Å². The van der Waals surface area contributed by atoms with Crippen LogP contribution >= 0.6 is 0 Å². The van der Waals surface area contributed by atoms with E-state index in [2.05, 4.69) is 10.0 Å². The molecule has 3 rings (SSSR count). The van der Waals surface area contributed by atoms with E-state index in [1.54, 1.807) is 0 Å². The molecule has 3 aromatic rings. The number of carbonyl (C=O) groups excluding carboxylic acids is 1. The van der Waals surface area contributed by atoms with Crippen LogP contribution in [0.25, 0.3) is 0 Å². The zero-order chi connectivity index (χ0) is 22.3. The molecule has 1 amide bonds. The van der Waals surface area contributed by atoms with Crippen LogP contribution in [0.1, 0.15) is 28.4 Å². The lowest BCUT2D eigenvalue weighted by Gasteiger charge is -2.11. The summed E-state index contributed by atoms with van der Waals surface area (Å²) >= 11 is 0. The monoisotopic (exact) mass is 442 g/mol. The number of hydrogen-bond donors (Lipinski definition) is 2. The van der Waals surface area contributed by atoms with Gasteiger partial charge in [-0.3, -0.25) is 9.52 Å². The Morgan fingerprint density at radius 2 is 1.68 bits per heavy atom. The fraction of sp³-hybridized carbons (Fsp3) is 0.174. The molecule has 162 valence electrons. The number of sulfonamides is 1. The summed E-state index contributed by atoms with van der Waals surface area (Å²) in [5.41, 5.74) is 1.96. The SMILES string of the molecule is CCOCc1ccc(CNC(=O)c2cccc(S(=O)(=O)Nc3ccccc3F)c2)cc1. The van der Waals surface area contributed by atoms with Crippen LogP contribution in [0.5, 0.6) is 0 Å². The highest BCUT2D eigenvalue weighted by Gasteiger charge is 2.18. The highest BCUT2D eigenvalue weighted by molar-refractivity contribution is 7.92. The van der Waals surface area contributed by atoms with E-state index in [0.29, 0.717) is 13.2 Å². The number of ether oxygens (including phenoxy) is 1. The number of hydrogen-bond acceptors (Lipinski definition) is 4. The second-order valence-electron chi connectivity index (χ2n) is 6.75. The molecule has 3 aromatic carbocycles. The molecule has 0 bridgehead atoms. The summed E-state index contributed by atoms with van der Waals surface area (Å²) < 4.78 is 46.5. The van der Waals surface area contributed by atoms with Crippen molar-refractivity contribution >= 4 is 21.6 Å². The Kier molecular flexibility index (Phi) is 7.38. The molecule has 0 atom stereocenters. The van der Waals surface area contributed by atoms with Gasteiger partial charge in [0.25, 0.3) is 15.9 Å². The molecule has 0 heterocycles. The maximum Gasteiger partial charge on any atom is 0.262 e. The lowest BCUT2D eigenvalue weighted by Crippen LogP contribution is -2.23. The van der Waals surface area contributed by atoms with Gasteiger partial charge in [-0.05, 0) is 48.4 Å². The van der Waals surface area contributed by atoms with Crippen LogP contribution in [0.15, 0.2) is 77.7 Å². The van der Waals surface area contributed by atoms with E-state index in [4.69, 9.17) is 4.74 Å². The van der Waals surface area contributed by atoms with Crippen molar-refractivity contribution in [1.29, 1.82) is 0 Å². The number of halogens is 1. The minimum Gasteiger partial charge on any atom is -0.377 e. The predicted octanol–water partition coefficient (Wildman–Crippen LogP) is 4.09. The molecular weight excluding hydrogens is 419 g/mol. The lowest BCUT2D eigenvalue weighted by atomic mass is 10.1. The second kappa shape index (κ2) is 10.2. The smallest absolute Gasteiger partial charge is 0.262 e.